The van der Waals surface area contributed by atoms with Crippen LogP contribution in [0.4, 0.5) is 5.69 Å². The number of benzene rings is 1. The van der Waals surface area contributed by atoms with Crippen LogP contribution in [0.3, 0.4) is 0 Å². The van der Waals surface area contributed by atoms with E-state index in [0.29, 0.717) is 11.8 Å². The molecule has 1 aliphatic rings. The molecular formula is C21H33N. The van der Waals surface area contributed by atoms with E-state index < -0.39 is 0 Å². The van der Waals surface area contributed by atoms with E-state index >= 15 is 0 Å². The Bertz CT molecular complexity index is 475. The molecule has 1 aliphatic heterocycles. The minimum Gasteiger partial charge on any atom is -0.372 e. The average molecular weight is 300 g/mol. The highest BCUT2D eigenvalue weighted by atomic mass is 15.1. The molecule has 1 aromatic rings. The van der Waals surface area contributed by atoms with Crippen LogP contribution in [0, 0.1) is 11.8 Å². The van der Waals surface area contributed by atoms with Gasteiger partial charge in [0.2, 0.25) is 0 Å². The summed E-state index contributed by atoms with van der Waals surface area (Å²) in [5.74, 6) is 2.13. The number of nitrogens with zero attached hydrogens (tertiary/aromatic N) is 1. The molecule has 1 saturated heterocycles. The van der Waals surface area contributed by atoms with Gasteiger partial charge >= 0.3 is 0 Å². The SMILES string of the molecule is C/C=C(\C)C(c1ccc(N2CCC(CC)CC2)cc1)C(C)C. The zero-order valence-electron chi connectivity index (χ0n) is 15.1. The molecule has 0 bridgehead atoms. The Morgan fingerprint density at radius 1 is 1.18 bits per heavy atom. The van der Waals surface area contributed by atoms with E-state index in [0.717, 1.165) is 5.92 Å². The third kappa shape index (κ3) is 3.94. The first-order chi connectivity index (χ1) is 10.6. The summed E-state index contributed by atoms with van der Waals surface area (Å²) in [6.07, 6.45) is 6.30. The molecule has 1 fully saturated rings. The normalized spacial score (nSPS) is 18.8. The molecule has 1 unspecified atom stereocenters. The Kier molecular flexibility index (Phi) is 6.11. The average Bonchev–Trinajstić information content (AvgIpc) is 2.55. The molecule has 1 heterocycles. The van der Waals surface area contributed by atoms with Crippen molar-refractivity contribution in [3.63, 3.8) is 0 Å². The zero-order chi connectivity index (χ0) is 16.1. The first kappa shape index (κ1) is 17.1. The molecule has 0 radical (unpaired) electrons. The third-order valence-electron chi connectivity index (χ3n) is 5.42. The van der Waals surface area contributed by atoms with Crippen molar-refractivity contribution in [2.45, 2.75) is 59.8 Å². The standard InChI is InChI=1S/C21H33N/c1-6-17(5)21(16(3)4)19-8-10-20(11-9-19)22-14-12-18(7-2)13-15-22/h6,8-11,16,18,21H,7,12-15H2,1-5H3/b17-6+. The van der Waals surface area contributed by atoms with Gasteiger partial charge in [0.25, 0.3) is 0 Å². The van der Waals surface area contributed by atoms with E-state index in [1.807, 2.05) is 0 Å². The van der Waals surface area contributed by atoms with E-state index in [-0.39, 0.29) is 0 Å². The number of piperidine rings is 1. The van der Waals surface area contributed by atoms with Crippen molar-refractivity contribution in [3.8, 4) is 0 Å². The van der Waals surface area contributed by atoms with Crippen molar-refractivity contribution < 1.29 is 0 Å². The third-order valence-corrected chi connectivity index (χ3v) is 5.42. The quantitative estimate of drug-likeness (QED) is 0.601. The number of anilines is 1. The fraction of sp³-hybridized carbons (Fsp3) is 0.619. The van der Waals surface area contributed by atoms with E-state index in [1.165, 1.54) is 49.2 Å². The fourth-order valence-electron chi connectivity index (χ4n) is 3.85. The molecule has 0 amide bonds. The van der Waals surface area contributed by atoms with Gasteiger partial charge < -0.3 is 4.90 Å². The van der Waals surface area contributed by atoms with Gasteiger partial charge in [0.1, 0.15) is 0 Å². The lowest BCUT2D eigenvalue weighted by atomic mass is 9.83. The summed E-state index contributed by atoms with van der Waals surface area (Å²) in [5, 5.41) is 0. The fourth-order valence-corrected chi connectivity index (χ4v) is 3.85. The summed E-state index contributed by atoms with van der Waals surface area (Å²) in [7, 11) is 0. The van der Waals surface area contributed by atoms with E-state index in [2.05, 4.69) is 69.9 Å². The summed E-state index contributed by atoms with van der Waals surface area (Å²) in [6, 6.07) is 9.36. The Hall–Kier alpha value is -1.24. The van der Waals surface area contributed by atoms with Crippen molar-refractivity contribution >= 4 is 5.69 Å². The predicted molar refractivity (Wildman–Crippen MR) is 98.7 cm³/mol. The molecule has 122 valence electrons. The van der Waals surface area contributed by atoms with Gasteiger partial charge in [0, 0.05) is 24.7 Å². The molecule has 1 atom stereocenters. The number of hydrogen-bond donors (Lipinski definition) is 0. The van der Waals surface area contributed by atoms with Gasteiger partial charge in [-0.15, -0.1) is 0 Å². The van der Waals surface area contributed by atoms with Crippen molar-refractivity contribution in [3.05, 3.63) is 41.5 Å². The maximum Gasteiger partial charge on any atom is 0.0366 e. The van der Waals surface area contributed by atoms with Crippen molar-refractivity contribution in [1.82, 2.24) is 0 Å². The number of hydrogen-bond acceptors (Lipinski definition) is 1. The predicted octanol–water partition coefficient (Wildman–Crippen LogP) is 6.02. The number of rotatable bonds is 5. The summed E-state index contributed by atoms with van der Waals surface area (Å²) in [4.78, 5) is 2.56. The summed E-state index contributed by atoms with van der Waals surface area (Å²) < 4.78 is 0. The second kappa shape index (κ2) is 7.85. The smallest absolute Gasteiger partial charge is 0.0366 e. The Balaban J connectivity index is 2.10. The summed E-state index contributed by atoms with van der Waals surface area (Å²) >= 11 is 0. The zero-order valence-corrected chi connectivity index (χ0v) is 15.1. The molecule has 0 aromatic heterocycles. The van der Waals surface area contributed by atoms with Crippen molar-refractivity contribution in [2.24, 2.45) is 11.8 Å². The van der Waals surface area contributed by atoms with Gasteiger partial charge in [0.05, 0.1) is 0 Å². The minimum atomic E-state index is 0.546. The molecule has 0 saturated carbocycles. The summed E-state index contributed by atoms with van der Waals surface area (Å²) in [5.41, 5.74) is 4.34. The van der Waals surface area contributed by atoms with Gasteiger partial charge in [-0.25, -0.2) is 0 Å². The van der Waals surface area contributed by atoms with Gasteiger partial charge in [-0.2, -0.15) is 0 Å². The van der Waals surface area contributed by atoms with Crippen molar-refractivity contribution in [2.75, 3.05) is 18.0 Å². The first-order valence-corrected chi connectivity index (χ1v) is 9.04. The number of allylic oxidation sites excluding steroid dienone is 2. The monoisotopic (exact) mass is 299 g/mol. The second-order valence-electron chi connectivity index (χ2n) is 7.18. The van der Waals surface area contributed by atoms with Crippen LogP contribution in [0.2, 0.25) is 0 Å². The minimum absolute atomic E-state index is 0.546. The maximum atomic E-state index is 2.56. The van der Waals surface area contributed by atoms with E-state index in [9.17, 15) is 0 Å². The lowest BCUT2D eigenvalue weighted by Crippen LogP contribution is -2.33. The first-order valence-electron chi connectivity index (χ1n) is 9.04. The molecular weight excluding hydrogens is 266 g/mol. The largest absolute Gasteiger partial charge is 0.372 e. The van der Waals surface area contributed by atoms with Crippen LogP contribution in [0.25, 0.3) is 0 Å². The molecule has 0 aliphatic carbocycles. The molecule has 1 aromatic carbocycles. The van der Waals surface area contributed by atoms with E-state index in [4.69, 9.17) is 0 Å². The van der Waals surface area contributed by atoms with Crippen LogP contribution in [-0.4, -0.2) is 13.1 Å². The summed E-state index contributed by atoms with van der Waals surface area (Å²) in [6.45, 7) is 13.8. The van der Waals surface area contributed by atoms with Crippen LogP contribution >= 0.6 is 0 Å². The van der Waals surface area contributed by atoms with Crippen LogP contribution < -0.4 is 4.90 Å². The van der Waals surface area contributed by atoms with Crippen LogP contribution in [0.5, 0.6) is 0 Å². The Morgan fingerprint density at radius 2 is 1.77 bits per heavy atom. The highest BCUT2D eigenvalue weighted by Crippen LogP contribution is 2.33. The van der Waals surface area contributed by atoms with Gasteiger partial charge in [0.15, 0.2) is 0 Å². The van der Waals surface area contributed by atoms with Crippen LogP contribution in [-0.2, 0) is 0 Å². The molecule has 1 nitrogen and oxygen atoms in total. The lowest BCUT2D eigenvalue weighted by molar-refractivity contribution is 0.395. The second-order valence-corrected chi connectivity index (χ2v) is 7.18. The van der Waals surface area contributed by atoms with E-state index in [1.54, 1.807) is 0 Å². The maximum absolute atomic E-state index is 2.56. The molecule has 1 heteroatoms. The Morgan fingerprint density at radius 3 is 2.23 bits per heavy atom. The van der Waals surface area contributed by atoms with Crippen LogP contribution in [0.1, 0.15) is 65.4 Å². The highest BCUT2D eigenvalue weighted by molar-refractivity contribution is 5.49. The Labute approximate surface area is 137 Å². The molecule has 2 rings (SSSR count). The van der Waals surface area contributed by atoms with Gasteiger partial charge in [-0.05, 0) is 56.2 Å². The topological polar surface area (TPSA) is 3.24 Å². The van der Waals surface area contributed by atoms with Gasteiger partial charge in [-0.1, -0.05) is 51.0 Å². The highest BCUT2D eigenvalue weighted by Gasteiger charge is 2.20. The molecule has 0 spiro atoms. The molecule has 22 heavy (non-hydrogen) atoms. The van der Waals surface area contributed by atoms with Crippen molar-refractivity contribution in [1.29, 1.82) is 0 Å². The molecule has 0 N–H and O–H groups in total. The lowest BCUT2D eigenvalue weighted by Gasteiger charge is -2.33. The van der Waals surface area contributed by atoms with Gasteiger partial charge in [-0.3, -0.25) is 0 Å². The van der Waals surface area contributed by atoms with Crippen LogP contribution in [0.15, 0.2) is 35.9 Å².